The van der Waals surface area contributed by atoms with Crippen LogP contribution in [0, 0.1) is 11.8 Å². The van der Waals surface area contributed by atoms with E-state index in [0.29, 0.717) is 43.0 Å². The number of hydrogen-bond donors (Lipinski definition) is 5. The van der Waals surface area contributed by atoms with Crippen molar-refractivity contribution in [2.75, 3.05) is 41.5 Å². The fourth-order valence-electron chi connectivity index (χ4n) is 6.99. The summed E-state index contributed by atoms with van der Waals surface area (Å²) in [7, 11) is 6.03. The molecule has 0 saturated carbocycles. The number of nitrogens with two attached hydrogens (primary N) is 1. The van der Waals surface area contributed by atoms with Crippen LogP contribution in [0.1, 0.15) is 71.8 Å². The maximum absolute atomic E-state index is 14.0. The van der Waals surface area contributed by atoms with E-state index >= 15 is 0 Å². The van der Waals surface area contributed by atoms with Crippen LogP contribution in [-0.2, 0) is 33.4 Å². The Hall–Kier alpha value is -5.51. The smallest absolute Gasteiger partial charge is 0.405 e. The molecule has 1 aliphatic carbocycles. The predicted octanol–water partition coefficient (Wildman–Crippen LogP) is 4.76. The normalized spacial score (nSPS) is 25.6. The van der Waals surface area contributed by atoms with Gasteiger partial charge < -0.3 is 50.5 Å². The number of carbonyl (C=O) groups is 5. The number of methoxy groups -OCH3 is 4. The third kappa shape index (κ3) is 14.6. The molecule has 3 rings (SSSR count). The number of carbonyl (C=O) groups excluding carboxylic acids is 5. The Morgan fingerprint density at radius 3 is 2.32 bits per heavy atom. The molecule has 1 aromatic rings. The number of primary amides is 1. The first kappa shape index (κ1) is 48.9. The Labute approximate surface area is 353 Å². The molecule has 0 saturated heterocycles. The van der Waals surface area contributed by atoms with Crippen molar-refractivity contribution in [3.8, 4) is 11.5 Å². The largest absolute Gasteiger partial charge is 0.493 e. The van der Waals surface area contributed by atoms with E-state index in [1.165, 1.54) is 26.4 Å². The number of hydrogen-bond acceptors (Lipinski definition) is 12. The zero-order chi connectivity index (χ0) is 44.4. The number of amides is 3. The van der Waals surface area contributed by atoms with Crippen LogP contribution in [0.2, 0.25) is 0 Å². The van der Waals surface area contributed by atoms with Crippen LogP contribution in [0.3, 0.4) is 0 Å². The Kier molecular flexibility index (Phi) is 20.0. The zero-order valence-corrected chi connectivity index (χ0v) is 36.0. The summed E-state index contributed by atoms with van der Waals surface area (Å²) < 4.78 is 27.3. The third-order valence-electron chi connectivity index (χ3n) is 10.3. The number of nitrogens with one attached hydrogen (secondary N) is 3. The molecule has 0 unspecified atom stereocenters. The number of unbranched alkanes of at least 4 members (excludes halogenated alkanes) is 3. The zero-order valence-electron chi connectivity index (χ0n) is 36.0. The van der Waals surface area contributed by atoms with Gasteiger partial charge in [-0.2, -0.15) is 0 Å². The first-order chi connectivity index (χ1) is 28.6. The van der Waals surface area contributed by atoms with Crippen molar-refractivity contribution < 1.29 is 52.8 Å². The van der Waals surface area contributed by atoms with Gasteiger partial charge in [0, 0.05) is 56.5 Å². The maximum Gasteiger partial charge on any atom is 0.405 e. The Balaban J connectivity index is 1.72. The van der Waals surface area contributed by atoms with Gasteiger partial charge in [0.05, 0.1) is 37.8 Å². The highest BCUT2D eigenvalue weighted by Crippen LogP contribution is 2.30. The Morgan fingerprint density at radius 2 is 1.67 bits per heavy atom. The van der Waals surface area contributed by atoms with Gasteiger partial charge in [0.25, 0.3) is 5.91 Å². The number of aliphatic hydroxyl groups is 1. The van der Waals surface area contributed by atoms with Crippen molar-refractivity contribution in [3.05, 3.63) is 88.3 Å². The standard InChI is InChI=1S/C45H62N4O11/c1-27-22-32-40(48-21-12-10-9-11-20-47-39(51)19-17-31-16-18-35(56-5)37(25-31)58-7)34(50)26-33(42(32)53)49-44(54)28(2)14-13-15-36(57-6)43(60-45(46)55)30(4)24-29(3)41(52)38(23-27)59-8/h13-19,24-27,29,36,38,41,43,48,52H,9-12,20-23H2,1-8H3,(H2,46,55)(H,47,51)(H,49,54)/b15-13-,19-17+,28-14+,30-24+/t27-,29+,36+,38+,41-,43+/m1/s1. The molecule has 328 valence electrons. The first-order valence-corrected chi connectivity index (χ1v) is 20.1. The highest BCUT2D eigenvalue weighted by atomic mass is 16.6. The molecule has 1 heterocycles. The van der Waals surface area contributed by atoms with Crippen molar-refractivity contribution >= 4 is 35.6 Å². The molecule has 15 heteroatoms. The SMILES string of the molecule is COc1ccc(/C=C/C(=O)NCCCCCCNC2=C3C[C@@H](C)C[C@H](OC)[C@H](O)[C@@H](C)/C=C(\C)[C@H](OC(N)=O)[C@@H](OC)/C=C\C=C(/C)C(=O)NC(=CC2=O)C3=O)cc1OC. The van der Waals surface area contributed by atoms with Gasteiger partial charge in [0.2, 0.25) is 17.5 Å². The van der Waals surface area contributed by atoms with Gasteiger partial charge in [0.1, 0.15) is 6.10 Å². The van der Waals surface area contributed by atoms with Crippen LogP contribution in [0.25, 0.3) is 6.08 Å². The Bertz CT molecular complexity index is 1880. The van der Waals surface area contributed by atoms with Crippen LogP contribution in [-0.4, -0.2) is 101 Å². The lowest BCUT2D eigenvalue weighted by molar-refractivity contribution is -0.120. The molecule has 6 atom stereocenters. The number of aliphatic hydroxyl groups excluding tert-OH is 1. The minimum Gasteiger partial charge on any atom is -0.493 e. The molecule has 6 N–H and O–H groups in total. The summed E-state index contributed by atoms with van der Waals surface area (Å²) in [5.74, 6) is -1.28. The lowest BCUT2D eigenvalue weighted by Crippen LogP contribution is -2.38. The van der Waals surface area contributed by atoms with Crippen LogP contribution in [0.4, 0.5) is 4.79 Å². The maximum atomic E-state index is 14.0. The van der Waals surface area contributed by atoms with Gasteiger partial charge in [-0.05, 0) is 74.8 Å². The molecular formula is C45H62N4O11. The minimum absolute atomic E-state index is 0.144. The summed E-state index contributed by atoms with van der Waals surface area (Å²) in [4.78, 5) is 65.1. The highest BCUT2D eigenvalue weighted by molar-refractivity contribution is 6.23. The number of ether oxygens (including phenoxy) is 5. The monoisotopic (exact) mass is 834 g/mol. The van der Waals surface area contributed by atoms with Crippen LogP contribution >= 0.6 is 0 Å². The third-order valence-corrected chi connectivity index (χ3v) is 10.3. The van der Waals surface area contributed by atoms with Crippen LogP contribution < -0.4 is 31.2 Å². The van der Waals surface area contributed by atoms with E-state index in [-0.39, 0.29) is 40.8 Å². The molecule has 2 bridgehead atoms. The van der Waals surface area contributed by atoms with Gasteiger partial charge >= 0.3 is 6.09 Å². The van der Waals surface area contributed by atoms with Gasteiger partial charge in [0.15, 0.2) is 17.6 Å². The van der Waals surface area contributed by atoms with Crippen LogP contribution in [0.5, 0.6) is 11.5 Å². The van der Waals surface area contributed by atoms with Gasteiger partial charge in [-0.25, -0.2) is 4.79 Å². The lowest BCUT2D eigenvalue weighted by Gasteiger charge is -2.30. The molecule has 15 nitrogen and oxygen atoms in total. The summed E-state index contributed by atoms with van der Waals surface area (Å²) in [6, 6.07) is 5.38. The van der Waals surface area contributed by atoms with E-state index in [4.69, 9.17) is 29.4 Å². The van der Waals surface area contributed by atoms with Gasteiger partial charge in [-0.15, -0.1) is 0 Å². The van der Waals surface area contributed by atoms with Crippen molar-refractivity contribution in [1.29, 1.82) is 0 Å². The second-order valence-corrected chi connectivity index (χ2v) is 15.0. The second-order valence-electron chi connectivity index (χ2n) is 15.0. The molecule has 0 spiro atoms. The summed E-state index contributed by atoms with van der Waals surface area (Å²) in [6.07, 6.45) is 9.87. The number of ketones is 2. The quantitative estimate of drug-likeness (QED) is 0.0701. The summed E-state index contributed by atoms with van der Waals surface area (Å²) in [5.41, 5.74) is 7.26. The molecule has 2 aliphatic rings. The van der Waals surface area contributed by atoms with E-state index in [0.717, 1.165) is 30.9 Å². The highest BCUT2D eigenvalue weighted by Gasteiger charge is 2.33. The van der Waals surface area contributed by atoms with Crippen molar-refractivity contribution in [2.45, 2.75) is 90.6 Å². The van der Waals surface area contributed by atoms with Crippen LogP contribution in [0.15, 0.2) is 82.8 Å². The number of Topliss-reactive ketones (excluding diaryl/α,β-unsaturated/α-hetero) is 1. The van der Waals surface area contributed by atoms with Gasteiger partial charge in [-0.1, -0.05) is 57.1 Å². The predicted molar refractivity (Wildman–Crippen MR) is 228 cm³/mol. The van der Waals surface area contributed by atoms with Gasteiger partial charge in [-0.3, -0.25) is 19.2 Å². The number of rotatable bonds is 15. The van der Waals surface area contributed by atoms with Crippen molar-refractivity contribution in [3.63, 3.8) is 0 Å². The molecule has 1 aliphatic heterocycles. The van der Waals surface area contributed by atoms with E-state index in [1.807, 2.05) is 13.0 Å². The topological polar surface area (TPSA) is 214 Å². The first-order valence-electron chi connectivity index (χ1n) is 20.1. The molecular weight excluding hydrogens is 773 g/mol. The Morgan fingerprint density at radius 1 is 0.967 bits per heavy atom. The summed E-state index contributed by atoms with van der Waals surface area (Å²) in [6.45, 7) is 7.90. The van der Waals surface area contributed by atoms with E-state index in [2.05, 4.69) is 16.0 Å². The molecule has 1 aromatic carbocycles. The molecule has 0 fully saturated rings. The minimum atomic E-state index is -1.01. The van der Waals surface area contributed by atoms with E-state index < -0.39 is 53.9 Å². The second kappa shape index (κ2) is 24.5. The van der Waals surface area contributed by atoms with Crippen molar-refractivity contribution in [1.82, 2.24) is 16.0 Å². The summed E-state index contributed by atoms with van der Waals surface area (Å²) in [5, 5.41) is 20.1. The molecule has 0 aromatic heterocycles. The van der Waals surface area contributed by atoms with E-state index in [9.17, 15) is 29.1 Å². The fraction of sp³-hybridized carbons (Fsp3) is 0.489. The van der Waals surface area contributed by atoms with E-state index in [1.54, 1.807) is 71.4 Å². The average Bonchev–Trinajstić information content (AvgIpc) is 3.22. The average molecular weight is 835 g/mol. The molecule has 3 amide bonds. The molecule has 0 radical (unpaired) electrons. The van der Waals surface area contributed by atoms with Crippen molar-refractivity contribution in [2.24, 2.45) is 17.6 Å². The number of benzene rings is 1. The number of allylic oxidation sites excluding steroid dienone is 4. The number of fused-ring (bicyclic) bond motifs is 2. The molecule has 60 heavy (non-hydrogen) atoms. The fourth-order valence-corrected chi connectivity index (χ4v) is 6.99. The lowest BCUT2D eigenvalue weighted by atomic mass is 9.85. The summed E-state index contributed by atoms with van der Waals surface area (Å²) >= 11 is 0.